The van der Waals surface area contributed by atoms with E-state index in [4.69, 9.17) is 44.8 Å². The van der Waals surface area contributed by atoms with Crippen LogP contribution >= 0.6 is 22.9 Å². The Morgan fingerprint density at radius 1 is 0.828 bits per heavy atom. The highest BCUT2D eigenvalue weighted by atomic mass is 35.5. The zero-order valence-corrected chi connectivity index (χ0v) is 50.2. The van der Waals surface area contributed by atoms with Crippen molar-refractivity contribution in [3.63, 3.8) is 0 Å². The van der Waals surface area contributed by atoms with Gasteiger partial charge in [-0.2, -0.15) is 4.98 Å². The molecule has 3 atom stereocenters. The predicted molar refractivity (Wildman–Crippen MR) is 323 cm³/mol. The van der Waals surface area contributed by atoms with Gasteiger partial charge in [-0.25, -0.2) is 14.5 Å². The van der Waals surface area contributed by atoms with Crippen molar-refractivity contribution in [3.8, 4) is 44.8 Å². The Balaban J connectivity index is 0.589. The number of hydrogen-bond donors (Lipinski definition) is 4. The Bertz CT molecular complexity index is 3700. The van der Waals surface area contributed by atoms with Crippen LogP contribution in [-0.2, 0) is 54.8 Å². The van der Waals surface area contributed by atoms with E-state index in [0.29, 0.717) is 115 Å². The molecule has 0 unspecified atom stereocenters. The zero-order valence-electron chi connectivity index (χ0n) is 48.6. The van der Waals surface area contributed by atoms with E-state index < -0.39 is 30.1 Å². The first-order chi connectivity index (χ1) is 42.2. The van der Waals surface area contributed by atoms with Crippen LogP contribution in [0.1, 0.15) is 69.1 Å². The Hall–Kier alpha value is -8.29. The lowest BCUT2D eigenvalue weighted by atomic mass is 10.0. The second kappa shape index (κ2) is 28.9. The van der Waals surface area contributed by atoms with Gasteiger partial charge in [0.2, 0.25) is 11.8 Å². The zero-order chi connectivity index (χ0) is 61.0. The average molecular weight is 1230 g/mol. The highest BCUT2D eigenvalue weighted by molar-refractivity contribution is 7.13. The van der Waals surface area contributed by atoms with E-state index in [1.54, 1.807) is 52.3 Å². The number of carboxylic acids is 1. The minimum absolute atomic E-state index is 0.0110. The van der Waals surface area contributed by atoms with E-state index in [-0.39, 0.29) is 68.6 Å². The first kappa shape index (κ1) is 61.8. The number of aliphatic hydroxyl groups excluding tert-OH is 1. The summed E-state index contributed by atoms with van der Waals surface area (Å²) >= 11 is 8.22. The Labute approximate surface area is 511 Å². The molecule has 2 aliphatic rings. The summed E-state index contributed by atoms with van der Waals surface area (Å²) in [5.41, 5.74) is 10.1. The SMILES string of the molecule is Cc1ccc(Oc2nc3cc(-c4ccc(OCc5cn(CCOCCOCCOCCOCCOc6cc(-c7scnc7C)ccc6CNC(=O)[C@@H]6C[C@@H](O)CN6C(=O)[C@H](C(C)C)N6Cc7ccccc7C6=O)nn5)cc4)c(Cl)cc3[nH]2)cc1C(=O)O. The number of carbonyl (C=O) groups excluding carboxylic acids is 3. The van der Waals surface area contributed by atoms with Gasteiger partial charge in [-0.3, -0.25) is 14.4 Å². The molecule has 22 nitrogen and oxygen atoms in total. The number of ether oxygens (including phenoxy) is 7. The minimum atomic E-state index is -1.04. The Morgan fingerprint density at radius 2 is 1.54 bits per heavy atom. The quantitative estimate of drug-likeness (QED) is 0.0307. The number of rotatable bonds is 30. The van der Waals surface area contributed by atoms with Crippen LogP contribution in [0.4, 0.5) is 0 Å². The first-order valence-electron chi connectivity index (χ1n) is 28.6. The van der Waals surface area contributed by atoms with Gasteiger partial charge in [0.15, 0.2) is 0 Å². The lowest BCUT2D eigenvalue weighted by Gasteiger charge is -2.35. The van der Waals surface area contributed by atoms with Gasteiger partial charge < -0.3 is 63.5 Å². The number of nitrogens with zero attached hydrogens (tertiary/aromatic N) is 7. The van der Waals surface area contributed by atoms with Gasteiger partial charge in [0.25, 0.3) is 11.9 Å². The summed E-state index contributed by atoms with van der Waals surface area (Å²) in [4.78, 5) is 69.3. The smallest absolute Gasteiger partial charge is 0.336 e. The fraction of sp³-hybridized carbons (Fsp3) is 0.365. The molecule has 87 heavy (non-hydrogen) atoms. The standard InChI is InChI=1S/C63H68ClN9O13S/c1-38(2)57(73-33-44-7-5-6-8-49(44)60(73)76)61(77)72-35-46(74)28-55(72)59(75)65-32-43-11-10-42(58-40(4)66-37-87-58)27-56(43)84-26-25-83-24-23-82-22-21-81-20-19-80-18-17-71-34-45(69-70-71)36-85-47-15-12-41(13-16-47)51-30-53-54(31-52(51)64)68-63(67-53)86-48-14-9-39(3)50(29-48)62(78)79/h5-16,27,29-31,34,37-38,46,55,57,74H,17-26,28,32-33,35-36H2,1-4H3,(H,65,75)(H,67,68)(H,78,79)/t46-,55+,57+/m1/s1. The van der Waals surface area contributed by atoms with Gasteiger partial charge in [0, 0.05) is 42.7 Å². The molecule has 5 heterocycles. The van der Waals surface area contributed by atoms with Gasteiger partial charge in [-0.15, -0.1) is 16.4 Å². The number of benzene rings is 5. The van der Waals surface area contributed by atoms with Crippen LogP contribution in [0.3, 0.4) is 0 Å². The number of hydrogen-bond acceptors (Lipinski definition) is 17. The predicted octanol–water partition coefficient (Wildman–Crippen LogP) is 8.69. The number of aromatic amines is 1. The monoisotopic (exact) mass is 1230 g/mol. The van der Waals surface area contributed by atoms with E-state index in [9.17, 15) is 29.4 Å². The fourth-order valence-corrected chi connectivity index (χ4v) is 11.5. The van der Waals surface area contributed by atoms with Crippen LogP contribution in [0, 0.1) is 19.8 Å². The number of thiazole rings is 1. The summed E-state index contributed by atoms with van der Waals surface area (Å²) in [7, 11) is 0. The topological polar surface area (TPSA) is 264 Å². The highest BCUT2D eigenvalue weighted by Gasteiger charge is 2.46. The van der Waals surface area contributed by atoms with Gasteiger partial charge in [-0.1, -0.05) is 79.2 Å². The second-order valence-corrected chi connectivity index (χ2v) is 22.6. The number of carboxylic acid groups (broad SMARTS) is 1. The number of nitrogens with one attached hydrogen (secondary N) is 2. The number of aryl methyl sites for hydroxylation is 2. The van der Waals surface area contributed by atoms with Crippen LogP contribution < -0.4 is 19.5 Å². The molecule has 456 valence electrons. The molecule has 0 bridgehead atoms. The number of β-amino-alcohol motifs (C(OH)–C–C–N with tert-alkyl or cyclic N) is 1. The number of H-pyrrole nitrogens is 1. The largest absolute Gasteiger partial charge is 0.491 e. The number of fused-ring (bicyclic) bond motifs is 2. The number of halogens is 1. The molecule has 5 aromatic carbocycles. The second-order valence-electron chi connectivity index (χ2n) is 21.3. The third-order valence-electron chi connectivity index (χ3n) is 14.9. The van der Waals surface area contributed by atoms with Crippen molar-refractivity contribution in [2.75, 3.05) is 66.0 Å². The molecule has 4 N–H and O–H groups in total. The number of aromatic nitrogens is 6. The van der Waals surface area contributed by atoms with E-state index in [2.05, 4.69) is 30.6 Å². The molecular weight excluding hydrogens is 1160 g/mol. The fourth-order valence-electron chi connectivity index (χ4n) is 10.4. The third kappa shape index (κ3) is 15.5. The maximum Gasteiger partial charge on any atom is 0.336 e. The number of likely N-dealkylation sites (tertiary alicyclic amines) is 1. The molecule has 0 saturated carbocycles. The third-order valence-corrected chi connectivity index (χ3v) is 16.2. The first-order valence-corrected chi connectivity index (χ1v) is 29.9. The number of imidazole rings is 1. The van der Waals surface area contributed by atoms with Crippen LogP contribution in [0.15, 0.2) is 109 Å². The lowest BCUT2D eigenvalue weighted by Crippen LogP contribution is -2.55. The number of carbonyl (C=O) groups is 4. The molecule has 1 saturated heterocycles. The lowest BCUT2D eigenvalue weighted by molar-refractivity contribution is -0.143. The van der Waals surface area contributed by atoms with Gasteiger partial charge in [-0.05, 0) is 90.6 Å². The van der Waals surface area contributed by atoms with Crippen molar-refractivity contribution >= 4 is 57.7 Å². The molecule has 2 aliphatic heterocycles. The molecular formula is C63H68ClN9O13S. The minimum Gasteiger partial charge on any atom is -0.491 e. The summed E-state index contributed by atoms with van der Waals surface area (Å²) < 4.78 is 42.7. The average Bonchev–Trinajstić information content (AvgIpc) is 2.42. The van der Waals surface area contributed by atoms with Crippen molar-refractivity contribution in [3.05, 3.63) is 153 Å². The maximum absolute atomic E-state index is 14.3. The van der Waals surface area contributed by atoms with Crippen molar-refractivity contribution in [2.24, 2.45) is 5.92 Å². The van der Waals surface area contributed by atoms with Crippen LogP contribution in [0.2, 0.25) is 5.02 Å². The van der Waals surface area contributed by atoms with Crippen LogP contribution in [-0.4, -0.2) is 158 Å². The summed E-state index contributed by atoms with van der Waals surface area (Å²) in [6, 6.07) is 27.5. The molecule has 0 aliphatic carbocycles. The Kier molecular flexibility index (Phi) is 20.5. The van der Waals surface area contributed by atoms with Crippen molar-refractivity contribution < 1.29 is 62.5 Å². The molecule has 8 aromatic rings. The van der Waals surface area contributed by atoms with Crippen molar-refractivity contribution in [1.82, 2.24) is 45.1 Å². The molecule has 3 amide bonds. The number of amides is 3. The van der Waals surface area contributed by atoms with E-state index >= 15 is 0 Å². The normalized spacial score (nSPS) is 15.1. The van der Waals surface area contributed by atoms with Gasteiger partial charge in [0.05, 0.1) is 109 Å². The molecule has 0 spiro atoms. The summed E-state index contributed by atoms with van der Waals surface area (Å²) in [6.45, 7) is 11.7. The van der Waals surface area contributed by atoms with E-state index in [1.807, 2.05) is 87.6 Å². The van der Waals surface area contributed by atoms with Crippen LogP contribution in [0.25, 0.3) is 32.6 Å². The summed E-state index contributed by atoms with van der Waals surface area (Å²) in [5.74, 6) is -0.730. The molecule has 0 radical (unpaired) electrons. The van der Waals surface area contributed by atoms with E-state index in [1.165, 1.54) is 22.3 Å². The summed E-state index contributed by atoms with van der Waals surface area (Å²) in [6.07, 6.45) is 0.993. The van der Waals surface area contributed by atoms with Gasteiger partial charge in [0.1, 0.15) is 48.2 Å². The molecule has 1 fully saturated rings. The molecule has 24 heteroatoms. The number of aromatic carboxylic acids is 1. The van der Waals surface area contributed by atoms with Crippen molar-refractivity contribution in [1.29, 1.82) is 0 Å². The van der Waals surface area contributed by atoms with Crippen molar-refractivity contribution in [2.45, 2.75) is 78.5 Å². The van der Waals surface area contributed by atoms with Crippen LogP contribution in [0.5, 0.6) is 23.3 Å². The summed E-state index contributed by atoms with van der Waals surface area (Å²) in [5, 5.41) is 32.2. The molecule has 10 rings (SSSR count). The maximum atomic E-state index is 14.3. The highest BCUT2D eigenvalue weighted by Crippen LogP contribution is 2.36. The number of aliphatic hydroxyl groups is 1. The van der Waals surface area contributed by atoms with Gasteiger partial charge >= 0.3 is 5.97 Å². The molecule has 3 aromatic heterocycles. The Morgan fingerprint density at radius 3 is 2.25 bits per heavy atom. The van der Waals surface area contributed by atoms with E-state index in [0.717, 1.165) is 32.8 Å².